The molecule has 2 N–H and O–H groups in total. The highest BCUT2D eigenvalue weighted by Crippen LogP contribution is 2.27. The summed E-state index contributed by atoms with van der Waals surface area (Å²) >= 11 is 0. The lowest BCUT2D eigenvalue weighted by atomic mass is 10.1. The third-order valence-corrected chi connectivity index (χ3v) is 1.93. The molecular formula is C10H10N2O2. The zero-order valence-corrected chi connectivity index (χ0v) is 7.73. The van der Waals surface area contributed by atoms with E-state index in [1.54, 1.807) is 7.11 Å². The first kappa shape index (κ1) is 8.62. The van der Waals surface area contributed by atoms with E-state index in [1.807, 2.05) is 24.3 Å². The van der Waals surface area contributed by atoms with Crippen molar-refractivity contribution >= 4 is 5.69 Å². The van der Waals surface area contributed by atoms with Gasteiger partial charge in [-0.3, -0.25) is 0 Å². The first-order valence-corrected chi connectivity index (χ1v) is 4.16. The fourth-order valence-corrected chi connectivity index (χ4v) is 1.23. The minimum atomic E-state index is 0.526. The van der Waals surface area contributed by atoms with Crippen molar-refractivity contribution in [1.82, 2.24) is 5.16 Å². The smallest absolute Gasteiger partial charge is 0.189 e. The summed E-state index contributed by atoms with van der Waals surface area (Å²) in [4.78, 5) is 0. The number of benzene rings is 1. The van der Waals surface area contributed by atoms with Crippen LogP contribution in [0.5, 0.6) is 5.75 Å². The number of anilines is 1. The van der Waals surface area contributed by atoms with Gasteiger partial charge in [0, 0.05) is 5.56 Å². The van der Waals surface area contributed by atoms with Crippen LogP contribution >= 0.6 is 0 Å². The Hall–Kier alpha value is -1.97. The summed E-state index contributed by atoms with van der Waals surface area (Å²) in [6, 6.07) is 7.46. The maximum atomic E-state index is 5.67. The van der Waals surface area contributed by atoms with Crippen LogP contribution in [0.2, 0.25) is 0 Å². The number of nitrogens with zero attached hydrogens (tertiary/aromatic N) is 1. The fraction of sp³-hybridized carbons (Fsp3) is 0.100. The summed E-state index contributed by atoms with van der Waals surface area (Å²) in [5.41, 5.74) is 7.05. The van der Waals surface area contributed by atoms with Gasteiger partial charge in [0.15, 0.2) is 5.76 Å². The molecule has 1 heterocycles. The molecular weight excluding hydrogens is 180 g/mol. The van der Waals surface area contributed by atoms with Crippen LogP contribution < -0.4 is 10.5 Å². The average Bonchev–Trinajstić information content (AvgIpc) is 2.65. The van der Waals surface area contributed by atoms with Gasteiger partial charge in [-0.15, -0.1) is 0 Å². The summed E-state index contributed by atoms with van der Waals surface area (Å²) in [6.45, 7) is 0. The van der Waals surface area contributed by atoms with Crippen LogP contribution in [0.25, 0.3) is 11.3 Å². The Kier molecular flexibility index (Phi) is 2.10. The van der Waals surface area contributed by atoms with Crippen LogP contribution in [0.3, 0.4) is 0 Å². The number of rotatable bonds is 2. The first-order valence-electron chi connectivity index (χ1n) is 4.16. The van der Waals surface area contributed by atoms with Crippen molar-refractivity contribution in [3.8, 4) is 17.1 Å². The summed E-state index contributed by atoms with van der Waals surface area (Å²) < 4.78 is 10.1. The normalized spacial score (nSPS) is 10.1. The number of hydrogen-bond donors (Lipinski definition) is 1. The van der Waals surface area contributed by atoms with Crippen LogP contribution in [-0.2, 0) is 0 Å². The molecule has 0 atom stereocenters. The van der Waals surface area contributed by atoms with E-state index in [9.17, 15) is 0 Å². The molecule has 4 heteroatoms. The second kappa shape index (κ2) is 3.41. The van der Waals surface area contributed by atoms with E-state index in [1.165, 1.54) is 6.20 Å². The largest absolute Gasteiger partial charge is 0.497 e. The topological polar surface area (TPSA) is 61.3 Å². The van der Waals surface area contributed by atoms with Gasteiger partial charge in [-0.05, 0) is 12.1 Å². The molecule has 0 aliphatic heterocycles. The maximum Gasteiger partial charge on any atom is 0.189 e. The lowest BCUT2D eigenvalue weighted by Crippen LogP contribution is -1.86. The van der Waals surface area contributed by atoms with E-state index in [-0.39, 0.29) is 0 Å². The van der Waals surface area contributed by atoms with E-state index >= 15 is 0 Å². The van der Waals surface area contributed by atoms with Gasteiger partial charge in [-0.2, -0.15) is 0 Å². The van der Waals surface area contributed by atoms with Crippen molar-refractivity contribution in [2.45, 2.75) is 0 Å². The van der Waals surface area contributed by atoms with Gasteiger partial charge in [-0.1, -0.05) is 17.3 Å². The van der Waals surface area contributed by atoms with Crippen molar-refractivity contribution in [3.05, 3.63) is 30.5 Å². The van der Waals surface area contributed by atoms with E-state index in [4.69, 9.17) is 15.0 Å². The summed E-state index contributed by atoms with van der Waals surface area (Å²) in [7, 11) is 1.61. The second-order valence-electron chi connectivity index (χ2n) is 2.84. The maximum absolute atomic E-state index is 5.67. The van der Waals surface area contributed by atoms with Crippen molar-refractivity contribution in [2.24, 2.45) is 0 Å². The lowest BCUT2D eigenvalue weighted by molar-refractivity contribution is 0.413. The van der Waals surface area contributed by atoms with Gasteiger partial charge in [0.1, 0.15) is 11.4 Å². The van der Waals surface area contributed by atoms with Crippen LogP contribution in [0.15, 0.2) is 35.0 Å². The van der Waals surface area contributed by atoms with Gasteiger partial charge in [0.25, 0.3) is 0 Å². The third kappa shape index (κ3) is 1.42. The number of nitrogens with two attached hydrogens (primary N) is 1. The molecule has 0 aliphatic carbocycles. The molecule has 1 aromatic carbocycles. The minimum Gasteiger partial charge on any atom is -0.497 e. The highest BCUT2D eigenvalue weighted by molar-refractivity contribution is 5.70. The van der Waals surface area contributed by atoms with Crippen molar-refractivity contribution in [3.63, 3.8) is 0 Å². The number of hydrogen-bond acceptors (Lipinski definition) is 4. The van der Waals surface area contributed by atoms with Crippen LogP contribution in [0, 0.1) is 0 Å². The van der Waals surface area contributed by atoms with E-state index < -0.39 is 0 Å². The molecule has 0 bridgehead atoms. The van der Waals surface area contributed by atoms with Gasteiger partial charge in [-0.25, -0.2) is 0 Å². The van der Waals surface area contributed by atoms with Crippen molar-refractivity contribution in [2.75, 3.05) is 12.8 Å². The number of methoxy groups -OCH3 is 1. The molecule has 0 amide bonds. The second-order valence-corrected chi connectivity index (χ2v) is 2.84. The van der Waals surface area contributed by atoms with Crippen molar-refractivity contribution in [1.29, 1.82) is 0 Å². The van der Waals surface area contributed by atoms with E-state index in [0.29, 0.717) is 11.4 Å². The molecule has 72 valence electrons. The molecule has 0 unspecified atom stereocenters. The molecule has 0 radical (unpaired) electrons. The predicted molar refractivity (Wildman–Crippen MR) is 52.9 cm³/mol. The van der Waals surface area contributed by atoms with Crippen molar-refractivity contribution < 1.29 is 9.26 Å². The summed E-state index contributed by atoms with van der Waals surface area (Å²) in [5.74, 6) is 1.34. The molecule has 2 aromatic rings. The van der Waals surface area contributed by atoms with Gasteiger partial charge < -0.3 is 15.0 Å². The van der Waals surface area contributed by atoms with Crippen LogP contribution in [-0.4, -0.2) is 12.3 Å². The Morgan fingerprint density at radius 3 is 2.93 bits per heavy atom. The number of ether oxygens (including phenoxy) is 1. The minimum absolute atomic E-state index is 0.526. The SMILES string of the molecule is COc1cccc(-c2oncc2N)c1. The summed E-state index contributed by atoms with van der Waals surface area (Å²) in [6.07, 6.45) is 1.48. The molecule has 0 spiro atoms. The molecule has 0 aliphatic rings. The Morgan fingerprint density at radius 1 is 1.43 bits per heavy atom. The molecule has 0 fully saturated rings. The molecule has 0 saturated carbocycles. The molecule has 0 saturated heterocycles. The fourth-order valence-electron chi connectivity index (χ4n) is 1.23. The monoisotopic (exact) mass is 190 g/mol. The van der Waals surface area contributed by atoms with Crippen LogP contribution in [0.1, 0.15) is 0 Å². The van der Waals surface area contributed by atoms with Gasteiger partial charge >= 0.3 is 0 Å². The Bertz CT molecular complexity index is 437. The molecule has 4 nitrogen and oxygen atoms in total. The van der Waals surface area contributed by atoms with E-state index in [0.717, 1.165) is 11.3 Å². The standard InChI is InChI=1S/C10H10N2O2/c1-13-8-4-2-3-7(5-8)10-9(11)6-12-14-10/h2-6H,11H2,1H3. The molecule has 14 heavy (non-hydrogen) atoms. The Balaban J connectivity index is 2.47. The van der Waals surface area contributed by atoms with Crippen LogP contribution in [0.4, 0.5) is 5.69 Å². The summed E-state index contributed by atoms with van der Waals surface area (Å²) in [5, 5.41) is 3.61. The van der Waals surface area contributed by atoms with E-state index in [2.05, 4.69) is 5.16 Å². The lowest BCUT2D eigenvalue weighted by Gasteiger charge is -2.01. The Morgan fingerprint density at radius 2 is 2.29 bits per heavy atom. The van der Waals surface area contributed by atoms with Gasteiger partial charge in [0.05, 0.1) is 13.3 Å². The highest BCUT2D eigenvalue weighted by atomic mass is 16.5. The number of nitrogen functional groups attached to an aromatic ring is 1. The average molecular weight is 190 g/mol. The zero-order chi connectivity index (χ0) is 9.97. The predicted octanol–water partition coefficient (Wildman–Crippen LogP) is 1.93. The Labute approximate surface area is 81.3 Å². The third-order valence-electron chi connectivity index (χ3n) is 1.93. The first-order chi connectivity index (χ1) is 6.81. The quantitative estimate of drug-likeness (QED) is 0.786. The highest BCUT2D eigenvalue weighted by Gasteiger charge is 2.07. The molecule has 1 aromatic heterocycles. The van der Waals surface area contributed by atoms with Gasteiger partial charge in [0.2, 0.25) is 0 Å². The number of aromatic nitrogens is 1. The zero-order valence-electron chi connectivity index (χ0n) is 7.73. The molecule has 2 rings (SSSR count).